The molecule has 0 aromatic heterocycles. The van der Waals surface area contributed by atoms with Crippen molar-refractivity contribution in [3.05, 3.63) is 78.4 Å². The van der Waals surface area contributed by atoms with Crippen molar-refractivity contribution < 1.29 is 19.1 Å². The summed E-state index contributed by atoms with van der Waals surface area (Å²) < 4.78 is 5.22. The largest absolute Gasteiger partial charge is 0.455 e. The van der Waals surface area contributed by atoms with Crippen molar-refractivity contribution in [3.63, 3.8) is 0 Å². The molecule has 0 spiro atoms. The van der Waals surface area contributed by atoms with Gasteiger partial charge in [0.1, 0.15) is 0 Å². The van der Waals surface area contributed by atoms with Gasteiger partial charge >= 0.3 is 5.97 Å². The van der Waals surface area contributed by atoms with Crippen LogP contribution in [-0.2, 0) is 19.1 Å². The zero-order chi connectivity index (χ0) is 21.8. The number of nitrogens with one attached hydrogen (secondary N) is 1. The summed E-state index contributed by atoms with van der Waals surface area (Å²) in [6.45, 7) is 1.85. The molecule has 2 atom stereocenters. The number of carbonyl (C=O) groups is 3. The van der Waals surface area contributed by atoms with Gasteiger partial charge < -0.3 is 15.0 Å². The highest BCUT2D eigenvalue weighted by Crippen LogP contribution is 2.29. The Morgan fingerprint density at radius 2 is 1.74 bits per heavy atom. The monoisotopic (exact) mass is 416 g/mol. The van der Waals surface area contributed by atoms with Gasteiger partial charge in [0.2, 0.25) is 5.91 Å². The Balaban J connectivity index is 1.32. The second-order valence-corrected chi connectivity index (χ2v) is 7.72. The predicted octanol–water partition coefficient (Wildman–Crippen LogP) is 3.93. The molecule has 0 bridgehead atoms. The SMILES string of the molecule is CC(c1ccccc1)N1CC(C(=O)OCC(=O)Nc2cccc3ccccc23)CC1=O. The normalized spacial score (nSPS) is 16.9. The molecule has 1 saturated heterocycles. The van der Waals surface area contributed by atoms with E-state index in [1.54, 1.807) is 11.0 Å². The Kier molecular flexibility index (Phi) is 5.98. The van der Waals surface area contributed by atoms with Crippen molar-refractivity contribution in [1.82, 2.24) is 4.90 Å². The van der Waals surface area contributed by atoms with Crippen LogP contribution in [0.25, 0.3) is 10.8 Å². The van der Waals surface area contributed by atoms with Crippen molar-refractivity contribution in [2.75, 3.05) is 18.5 Å². The molecule has 3 aromatic rings. The number of hydrogen-bond acceptors (Lipinski definition) is 4. The average molecular weight is 416 g/mol. The van der Waals surface area contributed by atoms with Crippen LogP contribution >= 0.6 is 0 Å². The summed E-state index contributed by atoms with van der Waals surface area (Å²) in [7, 11) is 0. The van der Waals surface area contributed by atoms with Crippen LogP contribution in [0, 0.1) is 5.92 Å². The van der Waals surface area contributed by atoms with Crippen molar-refractivity contribution in [3.8, 4) is 0 Å². The van der Waals surface area contributed by atoms with Crippen LogP contribution in [0.15, 0.2) is 72.8 Å². The number of carbonyl (C=O) groups excluding carboxylic acids is 3. The van der Waals surface area contributed by atoms with Crippen LogP contribution in [0.4, 0.5) is 5.69 Å². The van der Waals surface area contributed by atoms with Gasteiger partial charge in [-0.2, -0.15) is 0 Å². The maximum Gasteiger partial charge on any atom is 0.311 e. The third-order valence-corrected chi connectivity index (χ3v) is 5.65. The van der Waals surface area contributed by atoms with Crippen LogP contribution in [-0.4, -0.2) is 35.8 Å². The summed E-state index contributed by atoms with van der Waals surface area (Å²) in [5.41, 5.74) is 1.68. The van der Waals surface area contributed by atoms with E-state index in [1.165, 1.54) is 0 Å². The number of esters is 1. The number of anilines is 1. The lowest BCUT2D eigenvalue weighted by Gasteiger charge is -2.25. The van der Waals surface area contributed by atoms with Gasteiger partial charge in [-0.3, -0.25) is 14.4 Å². The third-order valence-electron chi connectivity index (χ3n) is 5.65. The summed E-state index contributed by atoms with van der Waals surface area (Å²) in [5, 5.41) is 4.72. The maximum atomic E-state index is 12.5. The van der Waals surface area contributed by atoms with Crippen molar-refractivity contribution in [2.24, 2.45) is 5.92 Å². The second-order valence-electron chi connectivity index (χ2n) is 7.72. The molecule has 0 saturated carbocycles. The predicted molar refractivity (Wildman–Crippen MR) is 118 cm³/mol. The molecule has 0 aliphatic carbocycles. The summed E-state index contributed by atoms with van der Waals surface area (Å²) in [6.07, 6.45) is 0.0982. The van der Waals surface area contributed by atoms with Gasteiger partial charge in [-0.25, -0.2) is 0 Å². The van der Waals surface area contributed by atoms with E-state index >= 15 is 0 Å². The van der Waals surface area contributed by atoms with Crippen molar-refractivity contribution in [1.29, 1.82) is 0 Å². The van der Waals surface area contributed by atoms with Crippen molar-refractivity contribution >= 4 is 34.2 Å². The molecule has 1 N–H and O–H groups in total. The van der Waals surface area contributed by atoms with Crippen LogP contribution in [0.1, 0.15) is 24.9 Å². The van der Waals surface area contributed by atoms with Gasteiger partial charge in [0.25, 0.3) is 5.91 Å². The van der Waals surface area contributed by atoms with E-state index in [9.17, 15) is 14.4 Å². The minimum absolute atomic E-state index is 0.0847. The average Bonchev–Trinajstić information content (AvgIpc) is 3.19. The Bertz CT molecular complexity index is 1110. The molecule has 1 fully saturated rings. The molecule has 158 valence electrons. The molecule has 31 heavy (non-hydrogen) atoms. The number of ether oxygens (including phenoxy) is 1. The molecule has 4 rings (SSSR count). The van der Waals surface area contributed by atoms with Gasteiger partial charge in [0, 0.05) is 24.0 Å². The van der Waals surface area contributed by atoms with Crippen molar-refractivity contribution in [2.45, 2.75) is 19.4 Å². The zero-order valence-electron chi connectivity index (χ0n) is 17.3. The molecule has 1 heterocycles. The van der Waals surface area contributed by atoms with Crippen LogP contribution in [0.5, 0.6) is 0 Å². The van der Waals surface area contributed by atoms with E-state index in [1.807, 2.05) is 73.7 Å². The van der Waals surface area contributed by atoms with Gasteiger partial charge in [-0.1, -0.05) is 66.7 Å². The van der Waals surface area contributed by atoms with E-state index < -0.39 is 17.8 Å². The first-order chi connectivity index (χ1) is 15.0. The second kappa shape index (κ2) is 9.00. The van der Waals surface area contributed by atoms with Crippen LogP contribution in [0.3, 0.4) is 0 Å². The van der Waals surface area contributed by atoms with E-state index in [4.69, 9.17) is 4.74 Å². The first-order valence-corrected chi connectivity index (χ1v) is 10.3. The molecule has 6 heteroatoms. The molecule has 6 nitrogen and oxygen atoms in total. The van der Waals surface area contributed by atoms with E-state index in [0.29, 0.717) is 12.2 Å². The molecule has 2 amide bonds. The highest BCUT2D eigenvalue weighted by atomic mass is 16.5. The van der Waals surface area contributed by atoms with E-state index in [-0.39, 0.29) is 25.0 Å². The first-order valence-electron chi connectivity index (χ1n) is 10.3. The molecular formula is C25H24N2O4. The fourth-order valence-corrected chi connectivity index (χ4v) is 3.95. The van der Waals surface area contributed by atoms with Crippen LogP contribution < -0.4 is 5.32 Å². The number of nitrogens with zero attached hydrogens (tertiary/aromatic N) is 1. The standard InChI is InChI=1S/C25H24N2O4/c1-17(18-8-3-2-4-9-18)27-15-20(14-24(27)29)25(30)31-16-23(28)26-22-13-7-11-19-10-5-6-12-21(19)22/h2-13,17,20H,14-16H2,1H3,(H,26,28). The molecule has 1 aliphatic rings. The van der Waals surface area contributed by atoms with E-state index in [2.05, 4.69) is 5.32 Å². The number of benzene rings is 3. The molecule has 2 unspecified atom stereocenters. The fraction of sp³-hybridized carbons (Fsp3) is 0.240. The first kappa shape index (κ1) is 20.6. The van der Waals surface area contributed by atoms with Gasteiger partial charge in [0.05, 0.1) is 12.0 Å². The van der Waals surface area contributed by atoms with E-state index in [0.717, 1.165) is 16.3 Å². The minimum Gasteiger partial charge on any atom is -0.455 e. The number of fused-ring (bicyclic) bond motifs is 1. The zero-order valence-corrected chi connectivity index (χ0v) is 17.3. The maximum absolute atomic E-state index is 12.5. The Labute approximate surface area is 180 Å². The lowest BCUT2D eigenvalue weighted by molar-refractivity contribution is -0.151. The number of likely N-dealkylation sites (tertiary alicyclic amines) is 1. The number of amides is 2. The smallest absolute Gasteiger partial charge is 0.311 e. The van der Waals surface area contributed by atoms with Gasteiger partial charge in [-0.15, -0.1) is 0 Å². The Morgan fingerprint density at radius 1 is 1.03 bits per heavy atom. The van der Waals surface area contributed by atoms with Crippen LogP contribution in [0.2, 0.25) is 0 Å². The summed E-state index contributed by atoms with van der Waals surface area (Å²) in [6, 6.07) is 22.9. The molecule has 3 aromatic carbocycles. The minimum atomic E-state index is -0.566. The lowest BCUT2D eigenvalue weighted by Crippen LogP contribution is -2.30. The molecule has 1 aliphatic heterocycles. The summed E-state index contributed by atoms with van der Waals surface area (Å²) in [4.78, 5) is 39.0. The molecular weight excluding hydrogens is 392 g/mol. The van der Waals surface area contributed by atoms with Gasteiger partial charge in [-0.05, 0) is 23.9 Å². The summed E-state index contributed by atoms with van der Waals surface area (Å²) >= 11 is 0. The highest BCUT2D eigenvalue weighted by molar-refractivity contribution is 6.02. The topological polar surface area (TPSA) is 75.7 Å². The summed E-state index contributed by atoms with van der Waals surface area (Å²) in [5.74, 6) is -1.59. The fourth-order valence-electron chi connectivity index (χ4n) is 3.95. The number of hydrogen-bond donors (Lipinski definition) is 1. The third kappa shape index (κ3) is 4.58. The lowest BCUT2D eigenvalue weighted by atomic mass is 10.1. The highest BCUT2D eigenvalue weighted by Gasteiger charge is 2.38. The molecule has 0 radical (unpaired) electrons. The van der Waals surface area contributed by atoms with Gasteiger partial charge in [0.15, 0.2) is 6.61 Å². The quantitative estimate of drug-likeness (QED) is 0.618. The number of rotatable bonds is 6. The Morgan fingerprint density at radius 3 is 2.55 bits per heavy atom. The Hall–Kier alpha value is -3.67.